The van der Waals surface area contributed by atoms with E-state index in [0.717, 1.165) is 47.1 Å². The molecule has 1 saturated heterocycles. The predicted molar refractivity (Wildman–Crippen MR) is 122 cm³/mol. The van der Waals surface area contributed by atoms with E-state index in [1.165, 1.54) is 12.8 Å². The van der Waals surface area contributed by atoms with Gasteiger partial charge in [-0.05, 0) is 75.3 Å². The number of likely N-dealkylation sites (tertiary alicyclic amines) is 1. The van der Waals surface area contributed by atoms with Gasteiger partial charge in [-0.1, -0.05) is 22.0 Å². The molecule has 1 fully saturated rings. The van der Waals surface area contributed by atoms with Crippen LogP contribution in [0, 0.1) is 0 Å². The summed E-state index contributed by atoms with van der Waals surface area (Å²) in [6.07, 6.45) is 5.05. The molecule has 1 aromatic heterocycles. The lowest BCUT2D eigenvalue weighted by Gasteiger charge is -2.14. The fourth-order valence-electron chi connectivity index (χ4n) is 3.50. The molecule has 0 amide bonds. The SMILES string of the molecule is O=S(=O)(NCCCN1CCCC1)c1ccc(Nc2ncc3ccc(Br)cc3n2)cc1. The van der Waals surface area contributed by atoms with Crippen LogP contribution in [0.4, 0.5) is 11.6 Å². The van der Waals surface area contributed by atoms with Crippen molar-refractivity contribution in [2.45, 2.75) is 24.2 Å². The Kier molecular flexibility index (Phi) is 6.62. The molecule has 7 nitrogen and oxygen atoms in total. The monoisotopic (exact) mass is 489 g/mol. The van der Waals surface area contributed by atoms with Gasteiger partial charge in [-0.3, -0.25) is 0 Å². The minimum Gasteiger partial charge on any atom is -0.324 e. The van der Waals surface area contributed by atoms with Gasteiger partial charge in [0.25, 0.3) is 0 Å². The van der Waals surface area contributed by atoms with Crippen LogP contribution in [0.25, 0.3) is 10.9 Å². The van der Waals surface area contributed by atoms with Crippen LogP contribution < -0.4 is 10.0 Å². The first-order valence-corrected chi connectivity index (χ1v) is 12.3. The number of anilines is 2. The number of aromatic nitrogens is 2. The van der Waals surface area contributed by atoms with Crippen molar-refractivity contribution in [1.29, 1.82) is 0 Å². The van der Waals surface area contributed by atoms with Crippen molar-refractivity contribution < 1.29 is 8.42 Å². The Labute approximate surface area is 185 Å². The minimum atomic E-state index is -3.51. The molecular formula is C21H24BrN5O2S. The summed E-state index contributed by atoms with van der Waals surface area (Å²) in [5.74, 6) is 0.455. The van der Waals surface area contributed by atoms with Crippen LogP contribution in [0.1, 0.15) is 19.3 Å². The third kappa shape index (κ3) is 5.34. The fourth-order valence-corrected chi connectivity index (χ4v) is 4.93. The highest BCUT2D eigenvalue weighted by Crippen LogP contribution is 2.21. The van der Waals surface area contributed by atoms with Gasteiger partial charge in [-0.25, -0.2) is 23.1 Å². The van der Waals surface area contributed by atoms with Crippen LogP contribution in [-0.2, 0) is 10.0 Å². The van der Waals surface area contributed by atoms with E-state index in [1.54, 1.807) is 30.5 Å². The molecule has 1 aliphatic heterocycles. The quantitative estimate of drug-likeness (QED) is 0.466. The summed E-state index contributed by atoms with van der Waals surface area (Å²) in [7, 11) is -3.51. The summed E-state index contributed by atoms with van der Waals surface area (Å²) in [5.41, 5.74) is 1.54. The highest BCUT2D eigenvalue weighted by molar-refractivity contribution is 9.10. The zero-order chi connectivity index (χ0) is 21.0. The number of rotatable bonds is 8. The Morgan fingerprint density at radius 3 is 2.60 bits per heavy atom. The number of fused-ring (bicyclic) bond motifs is 1. The molecule has 4 rings (SSSR count). The van der Waals surface area contributed by atoms with Crippen molar-refractivity contribution in [1.82, 2.24) is 19.6 Å². The first-order valence-electron chi connectivity index (χ1n) is 10.0. The molecule has 2 aromatic carbocycles. The van der Waals surface area contributed by atoms with Gasteiger partial charge < -0.3 is 10.2 Å². The van der Waals surface area contributed by atoms with Crippen LogP contribution in [0.15, 0.2) is 58.0 Å². The van der Waals surface area contributed by atoms with Gasteiger partial charge in [0.2, 0.25) is 16.0 Å². The van der Waals surface area contributed by atoms with Crippen LogP contribution in [-0.4, -0.2) is 49.5 Å². The summed E-state index contributed by atoms with van der Waals surface area (Å²) < 4.78 is 28.6. The molecule has 0 saturated carbocycles. The summed E-state index contributed by atoms with van der Waals surface area (Å²) in [5, 5.41) is 4.06. The zero-order valence-electron chi connectivity index (χ0n) is 16.5. The average molecular weight is 490 g/mol. The van der Waals surface area contributed by atoms with Gasteiger partial charge in [0.15, 0.2) is 0 Å². The van der Waals surface area contributed by atoms with E-state index in [-0.39, 0.29) is 4.90 Å². The minimum absolute atomic E-state index is 0.248. The summed E-state index contributed by atoms with van der Waals surface area (Å²) in [6.45, 7) is 3.63. The van der Waals surface area contributed by atoms with Gasteiger partial charge in [-0.2, -0.15) is 0 Å². The normalized spacial score (nSPS) is 15.0. The van der Waals surface area contributed by atoms with Crippen molar-refractivity contribution in [3.8, 4) is 0 Å². The van der Waals surface area contributed by atoms with Gasteiger partial charge in [0.05, 0.1) is 10.4 Å². The van der Waals surface area contributed by atoms with E-state index in [9.17, 15) is 8.42 Å². The predicted octanol–water partition coefficient (Wildman–Crippen LogP) is 3.90. The lowest BCUT2D eigenvalue weighted by Crippen LogP contribution is -2.28. The van der Waals surface area contributed by atoms with Crippen LogP contribution in [0.5, 0.6) is 0 Å². The Hall–Kier alpha value is -2.07. The number of hydrogen-bond donors (Lipinski definition) is 2. The number of benzene rings is 2. The van der Waals surface area contributed by atoms with Crippen molar-refractivity contribution in [3.63, 3.8) is 0 Å². The second kappa shape index (κ2) is 9.38. The standard InChI is InChI=1S/C21H24BrN5O2S/c22-17-5-4-16-15-23-21(26-20(16)14-17)25-18-6-8-19(9-7-18)30(28,29)24-10-3-13-27-11-1-2-12-27/h4-9,14-15,24H,1-3,10-13H2,(H,23,25,26). The topological polar surface area (TPSA) is 87.2 Å². The molecule has 158 valence electrons. The summed E-state index contributed by atoms with van der Waals surface area (Å²) >= 11 is 3.44. The van der Waals surface area contributed by atoms with Gasteiger partial charge in [0, 0.05) is 28.3 Å². The number of nitrogens with one attached hydrogen (secondary N) is 2. The fraction of sp³-hybridized carbons (Fsp3) is 0.333. The first-order chi connectivity index (χ1) is 14.5. The summed E-state index contributed by atoms with van der Waals surface area (Å²) in [6, 6.07) is 12.4. The number of hydrogen-bond acceptors (Lipinski definition) is 6. The van der Waals surface area contributed by atoms with Crippen molar-refractivity contribution in [2.75, 3.05) is 31.5 Å². The van der Waals surface area contributed by atoms with Crippen molar-refractivity contribution >= 4 is 48.5 Å². The van der Waals surface area contributed by atoms with Gasteiger partial charge >= 0.3 is 0 Å². The average Bonchev–Trinajstić information content (AvgIpc) is 3.25. The number of nitrogens with zero attached hydrogens (tertiary/aromatic N) is 3. The third-order valence-electron chi connectivity index (χ3n) is 5.11. The van der Waals surface area contributed by atoms with E-state index in [2.05, 4.69) is 40.8 Å². The zero-order valence-corrected chi connectivity index (χ0v) is 18.9. The molecule has 0 unspecified atom stereocenters. The molecule has 2 heterocycles. The lowest BCUT2D eigenvalue weighted by molar-refractivity contribution is 0.334. The van der Waals surface area contributed by atoms with E-state index in [0.29, 0.717) is 12.5 Å². The Morgan fingerprint density at radius 1 is 1.07 bits per heavy atom. The molecule has 9 heteroatoms. The van der Waals surface area contributed by atoms with E-state index in [4.69, 9.17) is 0 Å². The lowest BCUT2D eigenvalue weighted by atomic mass is 10.2. The smallest absolute Gasteiger partial charge is 0.240 e. The van der Waals surface area contributed by atoms with Crippen LogP contribution >= 0.6 is 15.9 Å². The first kappa shape index (κ1) is 21.2. The molecule has 0 spiro atoms. The molecule has 30 heavy (non-hydrogen) atoms. The molecule has 0 bridgehead atoms. The Bertz CT molecular complexity index is 1120. The molecular weight excluding hydrogens is 466 g/mol. The van der Waals surface area contributed by atoms with E-state index in [1.807, 2.05) is 18.2 Å². The molecule has 0 radical (unpaired) electrons. The largest absolute Gasteiger partial charge is 0.324 e. The van der Waals surface area contributed by atoms with E-state index < -0.39 is 10.0 Å². The molecule has 1 aliphatic rings. The maximum absolute atomic E-state index is 12.5. The Morgan fingerprint density at radius 2 is 1.83 bits per heavy atom. The molecule has 3 aromatic rings. The Balaban J connectivity index is 1.35. The van der Waals surface area contributed by atoms with Crippen molar-refractivity contribution in [3.05, 3.63) is 53.1 Å². The van der Waals surface area contributed by atoms with Crippen LogP contribution in [0.3, 0.4) is 0 Å². The molecule has 0 atom stereocenters. The number of sulfonamides is 1. The second-order valence-electron chi connectivity index (χ2n) is 7.35. The van der Waals surface area contributed by atoms with E-state index >= 15 is 0 Å². The highest BCUT2D eigenvalue weighted by Gasteiger charge is 2.15. The second-order valence-corrected chi connectivity index (χ2v) is 10.0. The van der Waals surface area contributed by atoms with Gasteiger partial charge in [0.1, 0.15) is 0 Å². The number of halogens is 1. The molecule has 2 N–H and O–H groups in total. The summed E-state index contributed by atoms with van der Waals surface area (Å²) in [4.78, 5) is 11.4. The molecule has 0 aliphatic carbocycles. The van der Waals surface area contributed by atoms with Gasteiger partial charge in [-0.15, -0.1) is 0 Å². The highest BCUT2D eigenvalue weighted by atomic mass is 79.9. The third-order valence-corrected chi connectivity index (χ3v) is 7.08. The maximum Gasteiger partial charge on any atom is 0.240 e. The van der Waals surface area contributed by atoms with Crippen LogP contribution in [0.2, 0.25) is 0 Å². The maximum atomic E-state index is 12.5. The van der Waals surface area contributed by atoms with Crippen molar-refractivity contribution in [2.24, 2.45) is 0 Å².